The van der Waals surface area contributed by atoms with Crippen molar-refractivity contribution in [3.63, 3.8) is 0 Å². The summed E-state index contributed by atoms with van der Waals surface area (Å²) in [6.07, 6.45) is 2.57. The van der Waals surface area contributed by atoms with Crippen molar-refractivity contribution in [2.45, 2.75) is 12.5 Å². The average molecular weight is 296 g/mol. The highest BCUT2D eigenvalue weighted by Gasteiger charge is 2.25. The van der Waals surface area contributed by atoms with E-state index in [0.717, 1.165) is 28.8 Å². The lowest BCUT2D eigenvalue weighted by atomic mass is 9.98. The predicted octanol–water partition coefficient (Wildman–Crippen LogP) is 2.55. The first-order valence-corrected chi connectivity index (χ1v) is 6.25. The molecule has 1 aliphatic heterocycles. The second kappa shape index (κ2) is 4.23. The summed E-state index contributed by atoms with van der Waals surface area (Å²) in [5.41, 5.74) is 2.63. The molecule has 5 heteroatoms. The summed E-state index contributed by atoms with van der Waals surface area (Å²) >= 11 is 3.26. The standard InChI is InChI=1S/C12H11BrFN3/c13-7-1-2-8(9(14)5-7)11-12-10(3-4-15-11)16-6-17-12/h1-2,5-6,11,15H,3-4H2,(H,16,17). The molecule has 0 spiro atoms. The van der Waals surface area contributed by atoms with Gasteiger partial charge in [-0.1, -0.05) is 22.0 Å². The molecule has 0 radical (unpaired) electrons. The Morgan fingerprint density at radius 1 is 1.41 bits per heavy atom. The minimum atomic E-state index is -0.215. The second-order valence-electron chi connectivity index (χ2n) is 4.07. The van der Waals surface area contributed by atoms with Crippen LogP contribution >= 0.6 is 15.9 Å². The third kappa shape index (κ3) is 1.89. The Bertz CT molecular complexity index is 552. The van der Waals surface area contributed by atoms with E-state index >= 15 is 0 Å². The van der Waals surface area contributed by atoms with Gasteiger partial charge in [0.05, 0.1) is 18.1 Å². The van der Waals surface area contributed by atoms with E-state index in [1.54, 1.807) is 12.4 Å². The molecule has 0 bridgehead atoms. The van der Waals surface area contributed by atoms with Crippen LogP contribution in [0.4, 0.5) is 4.39 Å². The fourth-order valence-electron chi connectivity index (χ4n) is 2.21. The van der Waals surface area contributed by atoms with Crippen molar-refractivity contribution in [1.29, 1.82) is 0 Å². The number of fused-ring (bicyclic) bond motifs is 1. The summed E-state index contributed by atoms with van der Waals surface area (Å²) in [6, 6.07) is 4.97. The first-order valence-electron chi connectivity index (χ1n) is 5.46. The highest BCUT2D eigenvalue weighted by Crippen LogP contribution is 2.29. The zero-order valence-electron chi connectivity index (χ0n) is 9.00. The Morgan fingerprint density at radius 3 is 3.12 bits per heavy atom. The molecule has 2 aromatic rings. The number of nitrogens with one attached hydrogen (secondary N) is 2. The van der Waals surface area contributed by atoms with Gasteiger partial charge in [0.2, 0.25) is 0 Å². The molecule has 2 heterocycles. The summed E-state index contributed by atoms with van der Waals surface area (Å²) in [5.74, 6) is -0.215. The highest BCUT2D eigenvalue weighted by molar-refractivity contribution is 9.10. The van der Waals surface area contributed by atoms with Crippen molar-refractivity contribution in [2.24, 2.45) is 0 Å². The summed E-state index contributed by atoms with van der Waals surface area (Å²) < 4.78 is 14.7. The van der Waals surface area contributed by atoms with Crippen molar-refractivity contribution in [3.05, 3.63) is 51.8 Å². The maximum absolute atomic E-state index is 13.9. The summed E-state index contributed by atoms with van der Waals surface area (Å²) in [4.78, 5) is 7.39. The number of halogens is 2. The van der Waals surface area contributed by atoms with E-state index in [1.165, 1.54) is 6.07 Å². The normalized spacial score (nSPS) is 19.1. The highest BCUT2D eigenvalue weighted by atomic mass is 79.9. The van der Waals surface area contributed by atoms with Gasteiger partial charge in [0, 0.05) is 28.7 Å². The number of nitrogens with zero attached hydrogens (tertiary/aromatic N) is 1. The number of aromatic nitrogens is 2. The third-order valence-electron chi connectivity index (χ3n) is 3.02. The van der Waals surface area contributed by atoms with Crippen LogP contribution in [0, 0.1) is 5.82 Å². The number of imidazole rings is 1. The molecule has 0 aliphatic carbocycles. The van der Waals surface area contributed by atoms with Crippen LogP contribution in [0.15, 0.2) is 29.0 Å². The summed E-state index contributed by atoms with van der Waals surface area (Å²) in [5, 5.41) is 3.30. The lowest BCUT2D eigenvalue weighted by molar-refractivity contribution is 0.518. The van der Waals surface area contributed by atoms with E-state index in [9.17, 15) is 4.39 Å². The van der Waals surface area contributed by atoms with Gasteiger partial charge in [-0.15, -0.1) is 0 Å². The van der Waals surface area contributed by atoms with Crippen LogP contribution in [0.2, 0.25) is 0 Å². The maximum atomic E-state index is 13.9. The predicted molar refractivity (Wildman–Crippen MR) is 66.2 cm³/mol. The van der Waals surface area contributed by atoms with E-state index < -0.39 is 0 Å². The van der Waals surface area contributed by atoms with Crippen LogP contribution in [-0.2, 0) is 6.42 Å². The van der Waals surface area contributed by atoms with Crippen molar-refractivity contribution in [3.8, 4) is 0 Å². The number of H-pyrrole nitrogens is 1. The van der Waals surface area contributed by atoms with Gasteiger partial charge in [-0.25, -0.2) is 9.37 Å². The molecule has 1 aromatic heterocycles. The monoisotopic (exact) mass is 295 g/mol. The molecule has 17 heavy (non-hydrogen) atoms. The van der Waals surface area contributed by atoms with Crippen molar-refractivity contribution < 1.29 is 4.39 Å². The third-order valence-corrected chi connectivity index (χ3v) is 3.52. The SMILES string of the molecule is Fc1cc(Br)ccc1C1NCCc2[nH]cnc21. The minimum Gasteiger partial charge on any atom is -0.348 e. The molecular weight excluding hydrogens is 285 g/mol. The molecule has 3 rings (SSSR count). The lowest BCUT2D eigenvalue weighted by Gasteiger charge is -2.23. The number of hydrogen-bond donors (Lipinski definition) is 2. The molecule has 1 atom stereocenters. The smallest absolute Gasteiger partial charge is 0.129 e. The van der Waals surface area contributed by atoms with Crippen molar-refractivity contribution in [2.75, 3.05) is 6.54 Å². The molecule has 0 fully saturated rings. The largest absolute Gasteiger partial charge is 0.348 e. The first kappa shape index (κ1) is 10.9. The zero-order chi connectivity index (χ0) is 11.8. The quantitative estimate of drug-likeness (QED) is 0.849. The number of hydrogen-bond acceptors (Lipinski definition) is 2. The van der Waals surface area contributed by atoms with Crippen LogP contribution in [0.3, 0.4) is 0 Å². The summed E-state index contributed by atoms with van der Waals surface area (Å²) in [6.45, 7) is 0.829. The Balaban J connectivity index is 2.06. The van der Waals surface area contributed by atoms with E-state index in [2.05, 4.69) is 31.2 Å². The van der Waals surface area contributed by atoms with Crippen LogP contribution in [0.1, 0.15) is 23.0 Å². The molecule has 0 saturated carbocycles. The fourth-order valence-corrected chi connectivity index (χ4v) is 2.54. The Kier molecular flexibility index (Phi) is 2.72. The number of aromatic amines is 1. The number of benzene rings is 1. The van der Waals surface area contributed by atoms with Gasteiger partial charge in [0.25, 0.3) is 0 Å². The number of rotatable bonds is 1. The van der Waals surface area contributed by atoms with Crippen molar-refractivity contribution in [1.82, 2.24) is 15.3 Å². The van der Waals surface area contributed by atoms with Gasteiger partial charge in [0.1, 0.15) is 5.82 Å². The average Bonchev–Trinajstić information content (AvgIpc) is 2.77. The molecule has 88 valence electrons. The topological polar surface area (TPSA) is 40.7 Å². The van der Waals surface area contributed by atoms with Gasteiger partial charge in [-0.05, 0) is 12.1 Å². The second-order valence-corrected chi connectivity index (χ2v) is 4.98. The molecule has 3 nitrogen and oxygen atoms in total. The zero-order valence-corrected chi connectivity index (χ0v) is 10.6. The molecule has 1 unspecified atom stereocenters. The van der Waals surface area contributed by atoms with E-state index in [1.807, 2.05) is 6.07 Å². The van der Waals surface area contributed by atoms with Gasteiger partial charge < -0.3 is 10.3 Å². The minimum absolute atomic E-state index is 0.155. The van der Waals surface area contributed by atoms with Crippen LogP contribution in [0.25, 0.3) is 0 Å². The Hall–Kier alpha value is -1.20. The van der Waals surface area contributed by atoms with Gasteiger partial charge in [-0.3, -0.25) is 0 Å². The van der Waals surface area contributed by atoms with Crippen LogP contribution in [0.5, 0.6) is 0 Å². The molecular formula is C12H11BrFN3. The van der Waals surface area contributed by atoms with Gasteiger partial charge in [0.15, 0.2) is 0 Å². The summed E-state index contributed by atoms with van der Waals surface area (Å²) in [7, 11) is 0. The van der Waals surface area contributed by atoms with Gasteiger partial charge >= 0.3 is 0 Å². The van der Waals surface area contributed by atoms with Crippen molar-refractivity contribution >= 4 is 15.9 Å². The Labute approximate surface area is 107 Å². The first-order chi connectivity index (χ1) is 8.25. The Morgan fingerprint density at radius 2 is 2.29 bits per heavy atom. The van der Waals surface area contributed by atoms with Crippen LogP contribution < -0.4 is 5.32 Å². The molecule has 2 N–H and O–H groups in total. The van der Waals surface area contributed by atoms with Gasteiger partial charge in [-0.2, -0.15) is 0 Å². The molecule has 1 aliphatic rings. The fraction of sp³-hybridized carbons (Fsp3) is 0.250. The molecule has 0 amide bonds. The maximum Gasteiger partial charge on any atom is 0.129 e. The van der Waals surface area contributed by atoms with E-state index in [4.69, 9.17) is 0 Å². The lowest BCUT2D eigenvalue weighted by Crippen LogP contribution is -2.31. The molecule has 1 aromatic carbocycles. The molecule has 0 saturated heterocycles. The van der Waals surface area contributed by atoms with E-state index in [0.29, 0.717) is 5.56 Å². The van der Waals surface area contributed by atoms with E-state index in [-0.39, 0.29) is 11.9 Å². The van der Waals surface area contributed by atoms with Crippen LogP contribution in [-0.4, -0.2) is 16.5 Å².